The third-order valence-corrected chi connectivity index (χ3v) is 5.54. The van der Waals surface area contributed by atoms with Crippen LogP contribution in [0.1, 0.15) is 25.8 Å². The van der Waals surface area contributed by atoms with Gasteiger partial charge >= 0.3 is 0 Å². The fraction of sp³-hybridized carbons (Fsp3) is 0.571. The number of nitrogens with zero attached hydrogens (tertiary/aromatic N) is 1. The summed E-state index contributed by atoms with van der Waals surface area (Å²) in [6.07, 6.45) is 0.571. The molecule has 0 saturated heterocycles. The molecule has 0 heterocycles. The van der Waals surface area contributed by atoms with Crippen molar-refractivity contribution in [3.8, 4) is 0 Å². The third-order valence-electron chi connectivity index (χ3n) is 3.54. The van der Waals surface area contributed by atoms with Gasteiger partial charge in [-0.25, -0.2) is 17.1 Å². The number of halogens is 2. The van der Waals surface area contributed by atoms with Crippen LogP contribution in [-0.4, -0.2) is 32.4 Å². The van der Waals surface area contributed by atoms with Gasteiger partial charge in [0.1, 0.15) is 5.82 Å². The first kappa shape index (κ1) is 20.3. The SMILES string of the molecule is Cc1c(F)cccc1S(=O)(=O)N(C)CCC(N)C(C)C.Cl. The lowest BCUT2D eigenvalue weighted by atomic mass is 10.0. The van der Waals surface area contributed by atoms with Crippen LogP contribution in [0.15, 0.2) is 23.1 Å². The third kappa shape index (κ3) is 4.92. The molecule has 0 aromatic heterocycles. The van der Waals surface area contributed by atoms with Gasteiger partial charge in [0.25, 0.3) is 0 Å². The minimum Gasteiger partial charge on any atom is -0.327 e. The zero-order valence-corrected chi connectivity index (χ0v) is 14.5. The Hall–Kier alpha value is -0.690. The fourth-order valence-electron chi connectivity index (χ4n) is 1.82. The van der Waals surface area contributed by atoms with Gasteiger partial charge in [-0.3, -0.25) is 0 Å². The first-order chi connectivity index (χ1) is 9.17. The van der Waals surface area contributed by atoms with Crippen LogP contribution in [0.3, 0.4) is 0 Å². The van der Waals surface area contributed by atoms with Crippen molar-refractivity contribution in [2.75, 3.05) is 13.6 Å². The quantitative estimate of drug-likeness (QED) is 0.867. The van der Waals surface area contributed by atoms with E-state index in [9.17, 15) is 12.8 Å². The van der Waals surface area contributed by atoms with Crippen LogP contribution < -0.4 is 5.73 Å². The van der Waals surface area contributed by atoms with Crippen molar-refractivity contribution in [1.29, 1.82) is 0 Å². The van der Waals surface area contributed by atoms with Crippen molar-refractivity contribution in [3.63, 3.8) is 0 Å². The molecule has 0 aliphatic rings. The van der Waals surface area contributed by atoms with E-state index in [-0.39, 0.29) is 28.9 Å². The summed E-state index contributed by atoms with van der Waals surface area (Å²) in [5, 5.41) is 0. The molecule has 0 bridgehead atoms. The molecule has 7 heteroatoms. The molecule has 4 nitrogen and oxygen atoms in total. The summed E-state index contributed by atoms with van der Waals surface area (Å²) >= 11 is 0. The standard InChI is InChI=1S/C14H23FN2O2S.ClH/c1-10(2)13(16)8-9-17(4)20(18,19)14-7-5-6-12(15)11(14)3;/h5-7,10,13H,8-9,16H2,1-4H3;1H. The van der Waals surface area contributed by atoms with E-state index in [0.717, 1.165) is 0 Å². The zero-order chi connectivity index (χ0) is 15.5. The summed E-state index contributed by atoms with van der Waals surface area (Å²) in [4.78, 5) is 0.0121. The first-order valence-electron chi connectivity index (χ1n) is 6.65. The summed E-state index contributed by atoms with van der Waals surface area (Å²) in [5.41, 5.74) is 6.07. The van der Waals surface area contributed by atoms with E-state index < -0.39 is 15.8 Å². The number of hydrogen-bond acceptors (Lipinski definition) is 3. The second-order valence-corrected chi connectivity index (χ2v) is 7.40. The van der Waals surface area contributed by atoms with Gasteiger partial charge in [-0.05, 0) is 31.4 Å². The largest absolute Gasteiger partial charge is 0.327 e. The number of nitrogens with two attached hydrogens (primary N) is 1. The van der Waals surface area contributed by atoms with Gasteiger partial charge < -0.3 is 5.73 Å². The van der Waals surface area contributed by atoms with E-state index in [2.05, 4.69) is 0 Å². The highest BCUT2D eigenvalue weighted by Gasteiger charge is 2.24. The van der Waals surface area contributed by atoms with Crippen molar-refractivity contribution in [2.24, 2.45) is 11.7 Å². The molecular weight excluding hydrogens is 315 g/mol. The number of sulfonamides is 1. The van der Waals surface area contributed by atoms with Gasteiger partial charge in [0.15, 0.2) is 0 Å². The summed E-state index contributed by atoms with van der Waals surface area (Å²) in [5.74, 6) is -0.222. The average Bonchev–Trinajstić information content (AvgIpc) is 2.38. The molecule has 0 radical (unpaired) electrons. The van der Waals surface area contributed by atoms with Crippen LogP contribution in [0.4, 0.5) is 4.39 Å². The van der Waals surface area contributed by atoms with Gasteiger partial charge in [0, 0.05) is 25.2 Å². The number of hydrogen-bond donors (Lipinski definition) is 1. The molecular formula is C14H24ClFN2O2S. The van der Waals surface area contributed by atoms with Crippen LogP contribution in [0.25, 0.3) is 0 Å². The van der Waals surface area contributed by atoms with Gasteiger partial charge in [-0.2, -0.15) is 0 Å². The van der Waals surface area contributed by atoms with Crippen molar-refractivity contribution in [1.82, 2.24) is 4.31 Å². The van der Waals surface area contributed by atoms with Gasteiger partial charge in [0.2, 0.25) is 10.0 Å². The van der Waals surface area contributed by atoms with E-state index >= 15 is 0 Å². The lowest BCUT2D eigenvalue weighted by Gasteiger charge is -2.22. The maximum atomic E-state index is 13.5. The summed E-state index contributed by atoms with van der Waals surface area (Å²) < 4.78 is 39.5. The van der Waals surface area contributed by atoms with Crippen LogP contribution in [-0.2, 0) is 10.0 Å². The molecule has 1 aromatic carbocycles. The molecule has 21 heavy (non-hydrogen) atoms. The molecule has 0 saturated carbocycles. The lowest BCUT2D eigenvalue weighted by Crippen LogP contribution is -2.35. The van der Waals surface area contributed by atoms with Gasteiger partial charge in [-0.1, -0.05) is 19.9 Å². The van der Waals surface area contributed by atoms with Crippen molar-refractivity contribution in [2.45, 2.75) is 38.1 Å². The highest BCUT2D eigenvalue weighted by atomic mass is 35.5. The van der Waals surface area contributed by atoms with E-state index in [4.69, 9.17) is 5.73 Å². The fourth-order valence-corrected chi connectivity index (χ4v) is 3.24. The Morgan fingerprint density at radius 1 is 1.33 bits per heavy atom. The highest BCUT2D eigenvalue weighted by Crippen LogP contribution is 2.21. The molecule has 122 valence electrons. The lowest BCUT2D eigenvalue weighted by molar-refractivity contribution is 0.397. The molecule has 0 aliphatic heterocycles. The molecule has 2 N–H and O–H groups in total. The molecule has 0 spiro atoms. The van der Waals surface area contributed by atoms with Crippen LogP contribution in [0.5, 0.6) is 0 Å². The Morgan fingerprint density at radius 3 is 2.43 bits per heavy atom. The molecule has 0 amide bonds. The second kappa shape index (κ2) is 8.08. The van der Waals surface area contributed by atoms with Crippen LogP contribution >= 0.6 is 12.4 Å². The Labute approximate surface area is 133 Å². The topological polar surface area (TPSA) is 63.4 Å². The van der Waals surface area contributed by atoms with E-state index in [1.807, 2.05) is 13.8 Å². The minimum absolute atomic E-state index is 0. The smallest absolute Gasteiger partial charge is 0.243 e. The Bertz CT molecular complexity index is 564. The Morgan fingerprint density at radius 2 is 1.90 bits per heavy atom. The normalized spacial score (nSPS) is 13.3. The maximum Gasteiger partial charge on any atom is 0.243 e. The van der Waals surface area contributed by atoms with E-state index in [1.54, 1.807) is 0 Å². The summed E-state index contributed by atoms with van der Waals surface area (Å²) in [7, 11) is -2.18. The van der Waals surface area contributed by atoms with Crippen LogP contribution in [0, 0.1) is 18.7 Å². The molecule has 1 aromatic rings. The zero-order valence-electron chi connectivity index (χ0n) is 12.8. The molecule has 1 unspecified atom stereocenters. The predicted octanol–water partition coefficient (Wildman–Crippen LogP) is 2.55. The monoisotopic (exact) mass is 338 g/mol. The predicted molar refractivity (Wildman–Crippen MR) is 85.6 cm³/mol. The first-order valence-corrected chi connectivity index (χ1v) is 8.09. The minimum atomic E-state index is -3.68. The van der Waals surface area contributed by atoms with Gasteiger partial charge in [0.05, 0.1) is 4.90 Å². The van der Waals surface area contributed by atoms with Gasteiger partial charge in [-0.15, -0.1) is 12.4 Å². The number of benzene rings is 1. The molecule has 0 fully saturated rings. The Balaban J connectivity index is 0.00000400. The summed E-state index contributed by atoms with van der Waals surface area (Å²) in [6.45, 7) is 5.78. The highest BCUT2D eigenvalue weighted by molar-refractivity contribution is 7.89. The van der Waals surface area contributed by atoms with Crippen molar-refractivity contribution in [3.05, 3.63) is 29.6 Å². The summed E-state index contributed by atoms with van der Waals surface area (Å²) in [6, 6.07) is 4.03. The Kier molecular flexibility index (Phi) is 7.81. The molecule has 0 aliphatic carbocycles. The van der Waals surface area contributed by atoms with Crippen molar-refractivity contribution >= 4 is 22.4 Å². The molecule has 1 atom stereocenters. The second-order valence-electron chi connectivity index (χ2n) is 5.39. The van der Waals surface area contributed by atoms with Crippen molar-refractivity contribution < 1.29 is 12.8 Å². The van der Waals surface area contributed by atoms with Crippen LogP contribution in [0.2, 0.25) is 0 Å². The van der Waals surface area contributed by atoms with E-state index in [0.29, 0.717) is 18.9 Å². The maximum absolute atomic E-state index is 13.5. The average molecular weight is 339 g/mol. The molecule has 1 rings (SSSR count). The van der Waals surface area contributed by atoms with E-state index in [1.165, 1.54) is 36.5 Å². The number of rotatable bonds is 6.